The highest BCUT2D eigenvalue weighted by Gasteiger charge is 2.23. The molecule has 1 saturated carbocycles. The molecule has 100 valence electrons. The Labute approximate surface area is 108 Å². The van der Waals surface area contributed by atoms with Crippen LogP contribution in [0.15, 0.2) is 12.4 Å². The van der Waals surface area contributed by atoms with Crippen molar-refractivity contribution < 1.29 is 4.74 Å². The molecule has 0 aliphatic heterocycles. The number of anilines is 1. The van der Waals surface area contributed by atoms with E-state index in [2.05, 4.69) is 14.9 Å². The van der Waals surface area contributed by atoms with Crippen molar-refractivity contribution in [3.8, 4) is 5.88 Å². The summed E-state index contributed by atoms with van der Waals surface area (Å²) < 4.78 is 5.17. The van der Waals surface area contributed by atoms with Crippen molar-refractivity contribution in [1.82, 2.24) is 9.97 Å². The minimum Gasteiger partial charge on any atom is -0.481 e. The maximum absolute atomic E-state index is 5.63. The van der Waals surface area contributed by atoms with E-state index in [1.54, 1.807) is 13.4 Å². The monoisotopic (exact) mass is 250 g/mol. The van der Waals surface area contributed by atoms with E-state index in [1.165, 1.54) is 25.7 Å². The lowest BCUT2D eigenvalue weighted by molar-refractivity contribution is 0.396. The Kier molecular flexibility index (Phi) is 4.75. The molecule has 1 aromatic rings. The first-order valence-corrected chi connectivity index (χ1v) is 6.68. The van der Waals surface area contributed by atoms with Crippen molar-refractivity contribution in [3.63, 3.8) is 0 Å². The Hall–Kier alpha value is -1.36. The van der Waals surface area contributed by atoms with Crippen LogP contribution in [0.2, 0.25) is 0 Å². The second kappa shape index (κ2) is 6.54. The summed E-state index contributed by atoms with van der Waals surface area (Å²) in [6.45, 7) is 1.67. The molecule has 2 rings (SSSR count). The maximum atomic E-state index is 5.63. The van der Waals surface area contributed by atoms with Gasteiger partial charge in [0.2, 0.25) is 5.88 Å². The van der Waals surface area contributed by atoms with Crippen LogP contribution in [0, 0.1) is 0 Å². The van der Waals surface area contributed by atoms with Crippen LogP contribution in [0.1, 0.15) is 32.1 Å². The van der Waals surface area contributed by atoms with Gasteiger partial charge >= 0.3 is 0 Å². The molecule has 0 aromatic carbocycles. The zero-order valence-corrected chi connectivity index (χ0v) is 11.0. The predicted molar refractivity (Wildman–Crippen MR) is 71.9 cm³/mol. The fourth-order valence-electron chi connectivity index (χ4n) is 2.56. The van der Waals surface area contributed by atoms with E-state index in [0.29, 0.717) is 18.5 Å². The lowest BCUT2D eigenvalue weighted by Crippen LogP contribution is -2.35. The summed E-state index contributed by atoms with van der Waals surface area (Å²) in [5.74, 6) is 1.58. The van der Waals surface area contributed by atoms with Crippen LogP contribution in [-0.2, 0) is 0 Å². The molecule has 1 heterocycles. The minimum atomic E-state index is 0.594. The van der Waals surface area contributed by atoms with E-state index in [9.17, 15) is 0 Å². The molecule has 0 radical (unpaired) electrons. The van der Waals surface area contributed by atoms with E-state index in [-0.39, 0.29) is 0 Å². The molecule has 1 aliphatic carbocycles. The summed E-state index contributed by atoms with van der Waals surface area (Å²) in [6.07, 6.45) is 7.67. The lowest BCUT2D eigenvalue weighted by atomic mass is 10.2. The van der Waals surface area contributed by atoms with Gasteiger partial charge in [0, 0.05) is 18.7 Å². The standard InChI is InChI=1S/C13H22N4O/c1-18-13-9-12(15-10-16-13)17(8-4-7-14)11-5-2-3-6-11/h9-11H,2-8,14H2,1H3. The van der Waals surface area contributed by atoms with Gasteiger partial charge < -0.3 is 15.4 Å². The molecule has 0 bridgehead atoms. The third kappa shape index (κ3) is 3.10. The molecule has 0 unspecified atom stereocenters. The van der Waals surface area contributed by atoms with Crippen molar-refractivity contribution in [2.75, 3.05) is 25.1 Å². The topological polar surface area (TPSA) is 64.3 Å². The van der Waals surface area contributed by atoms with Gasteiger partial charge in [-0.25, -0.2) is 9.97 Å². The summed E-state index contributed by atoms with van der Waals surface area (Å²) in [6, 6.07) is 2.51. The fourth-order valence-corrected chi connectivity index (χ4v) is 2.56. The molecule has 2 N–H and O–H groups in total. The number of ether oxygens (including phenoxy) is 1. The molecule has 5 heteroatoms. The average Bonchev–Trinajstić information content (AvgIpc) is 2.93. The Morgan fingerprint density at radius 1 is 1.39 bits per heavy atom. The summed E-state index contributed by atoms with van der Waals surface area (Å²) in [4.78, 5) is 10.8. The van der Waals surface area contributed by atoms with Gasteiger partial charge in [0.15, 0.2) is 0 Å². The Balaban J connectivity index is 2.14. The highest BCUT2D eigenvalue weighted by Crippen LogP contribution is 2.28. The Morgan fingerprint density at radius 2 is 2.17 bits per heavy atom. The molecule has 1 aliphatic rings. The molecule has 18 heavy (non-hydrogen) atoms. The van der Waals surface area contributed by atoms with E-state index in [4.69, 9.17) is 10.5 Å². The first-order valence-electron chi connectivity index (χ1n) is 6.68. The number of methoxy groups -OCH3 is 1. The van der Waals surface area contributed by atoms with E-state index in [1.807, 2.05) is 6.07 Å². The zero-order valence-electron chi connectivity index (χ0n) is 11.0. The van der Waals surface area contributed by atoms with Gasteiger partial charge in [-0.05, 0) is 25.8 Å². The molecule has 0 spiro atoms. The second-order valence-electron chi connectivity index (χ2n) is 4.69. The molecule has 0 amide bonds. The summed E-state index contributed by atoms with van der Waals surface area (Å²) in [5, 5.41) is 0. The minimum absolute atomic E-state index is 0.594. The molecular formula is C13H22N4O. The van der Waals surface area contributed by atoms with Gasteiger partial charge in [0.25, 0.3) is 0 Å². The van der Waals surface area contributed by atoms with Gasteiger partial charge in [-0.15, -0.1) is 0 Å². The summed E-state index contributed by atoms with van der Waals surface area (Å²) >= 11 is 0. The largest absolute Gasteiger partial charge is 0.481 e. The highest BCUT2D eigenvalue weighted by atomic mass is 16.5. The van der Waals surface area contributed by atoms with Crippen LogP contribution >= 0.6 is 0 Å². The average molecular weight is 250 g/mol. The van der Waals surface area contributed by atoms with Gasteiger partial charge in [0.05, 0.1) is 7.11 Å². The van der Waals surface area contributed by atoms with E-state index < -0.39 is 0 Å². The fraction of sp³-hybridized carbons (Fsp3) is 0.692. The van der Waals surface area contributed by atoms with Gasteiger partial charge in [-0.1, -0.05) is 12.8 Å². The summed E-state index contributed by atoms with van der Waals surface area (Å²) in [5.41, 5.74) is 5.63. The summed E-state index contributed by atoms with van der Waals surface area (Å²) in [7, 11) is 1.63. The normalized spacial score (nSPS) is 15.9. The van der Waals surface area contributed by atoms with Crippen molar-refractivity contribution >= 4 is 5.82 Å². The molecule has 5 nitrogen and oxygen atoms in total. The van der Waals surface area contributed by atoms with E-state index in [0.717, 1.165) is 18.8 Å². The number of hydrogen-bond acceptors (Lipinski definition) is 5. The Bertz CT molecular complexity index is 366. The van der Waals surface area contributed by atoms with Crippen LogP contribution in [-0.4, -0.2) is 36.2 Å². The van der Waals surface area contributed by atoms with Crippen molar-refractivity contribution in [2.45, 2.75) is 38.1 Å². The predicted octanol–water partition coefficient (Wildman–Crippen LogP) is 1.58. The number of nitrogens with two attached hydrogens (primary N) is 1. The van der Waals surface area contributed by atoms with Crippen LogP contribution in [0.3, 0.4) is 0 Å². The number of aromatic nitrogens is 2. The van der Waals surface area contributed by atoms with Crippen molar-refractivity contribution in [1.29, 1.82) is 0 Å². The quantitative estimate of drug-likeness (QED) is 0.830. The highest BCUT2D eigenvalue weighted by molar-refractivity contribution is 5.42. The third-order valence-corrected chi connectivity index (χ3v) is 3.50. The van der Waals surface area contributed by atoms with Gasteiger partial charge in [-0.3, -0.25) is 0 Å². The van der Waals surface area contributed by atoms with Gasteiger partial charge in [0.1, 0.15) is 12.1 Å². The lowest BCUT2D eigenvalue weighted by Gasteiger charge is -2.30. The first kappa shape index (κ1) is 13.1. The van der Waals surface area contributed by atoms with Gasteiger partial charge in [-0.2, -0.15) is 0 Å². The van der Waals surface area contributed by atoms with Crippen LogP contribution in [0.4, 0.5) is 5.82 Å². The molecular weight excluding hydrogens is 228 g/mol. The van der Waals surface area contributed by atoms with Crippen LogP contribution in [0.25, 0.3) is 0 Å². The molecule has 1 fully saturated rings. The maximum Gasteiger partial charge on any atom is 0.218 e. The van der Waals surface area contributed by atoms with Crippen LogP contribution in [0.5, 0.6) is 5.88 Å². The van der Waals surface area contributed by atoms with Crippen molar-refractivity contribution in [3.05, 3.63) is 12.4 Å². The smallest absolute Gasteiger partial charge is 0.218 e. The number of nitrogens with zero attached hydrogens (tertiary/aromatic N) is 3. The zero-order chi connectivity index (χ0) is 12.8. The SMILES string of the molecule is COc1cc(N(CCCN)C2CCCC2)ncn1. The van der Waals surface area contributed by atoms with E-state index >= 15 is 0 Å². The molecule has 0 saturated heterocycles. The Morgan fingerprint density at radius 3 is 2.83 bits per heavy atom. The molecule has 0 atom stereocenters. The number of rotatable bonds is 6. The van der Waals surface area contributed by atoms with Crippen molar-refractivity contribution in [2.24, 2.45) is 5.73 Å². The number of hydrogen-bond donors (Lipinski definition) is 1. The van der Waals surface area contributed by atoms with Crippen LogP contribution < -0.4 is 15.4 Å². The second-order valence-corrected chi connectivity index (χ2v) is 4.69. The molecule has 1 aromatic heterocycles. The third-order valence-electron chi connectivity index (χ3n) is 3.50. The first-order chi connectivity index (χ1) is 8.85.